The fourth-order valence-corrected chi connectivity index (χ4v) is 2.01. The molecule has 0 heterocycles. The normalized spacial score (nSPS) is 10.4. The molecule has 3 nitrogen and oxygen atoms in total. The average Bonchev–Trinajstić information content (AvgIpc) is 2.26. The van der Waals surface area contributed by atoms with Crippen molar-refractivity contribution in [1.82, 2.24) is 0 Å². The first-order valence-electron chi connectivity index (χ1n) is 5.60. The molecule has 1 aromatic carbocycles. The van der Waals surface area contributed by atoms with Crippen molar-refractivity contribution < 1.29 is 4.74 Å². The number of nitrogens with two attached hydrogens (primary N) is 1. The lowest BCUT2D eigenvalue weighted by molar-refractivity contribution is 0.141. The van der Waals surface area contributed by atoms with Gasteiger partial charge >= 0.3 is 0 Å². The molecule has 16 heavy (non-hydrogen) atoms. The third kappa shape index (κ3) is 5.03. The van der Waals surface area contributed by atoms with Gasteiger partial charge in [0, 0.05) is 28.1 Å². The number of halogens is 1. The Balaban J connectivity index is 2.21. The fraction of sp³-hybridized carbons (Fsp3) is 0.500. The van der Waals surface area contributed by atoms with Gasteiger partial charge in [0.05, 0.1) is 6.61 Å². The zero-order valence-electron chi connectivity index (χ0n) is 9.63. The van der Waals surface area contributed by atoms with E-state index in [2.05, 4.69) is 34.8 Å². The molecule has 0 unspecified atom stereocenters. The van der Waals surface area contributed by atoms with Crippen LogP contribution in [0.1, 0.15) is 19.8 Å². The second-order valence-corrected chi connectivity index (χ2v) is 4.79. The molecule has 4 heteroatoms. The highest BCUT2D eigenvalue weighted by atomic mass is 127. The minimum absolute atomic E-state index is 0.750. The highest BCUT2D eigenvalue weighted by molar-refractivity contribution is 14.1. The predicted octanol–water partition coefficient (Wildman–Crippen LogP) is 3.10. The number of nitrogen functional groups attached to an aromatic ring is 1. The molecule has 0 aliphatic rings. The Kier molecular flexibility index (Phi) is 6.56. The number of benzene rings is 1. The number of anilines is 2. The second kappa shape index (κ2) is 7.73. The third-order valence-corrected chi connectivity index (χ3v) is 3.09. The van der Waals surface area contributed by atoms with Gasteiger partial charge in [-0.3, -0.25) is 0 Å². The largest absolute Gasteiger partial charge is 0.399 e. The quantitative estimate of drug-likeness (QED) is 0.458. The van der Waals surface area contributed by atoms with Crippen LogP contribution in [-0.2, 0) is 4.74 Å². The topological polar surface area (TPSA) is 47.3 Å². The first kappa shape index (κ1) is 13.6. The minimum atomic E-state index is 0.750. The number of hydrogen-bond acceptors (Lipinski definition) is 3. The average molecular weight is 334 g/mol. The van der Waals surface area contributed by atoms with Gasteiger partial charge in [0.1, 0.15) is 0 Å². The predicted molar refractivity (Wildman–Crippen MR) is 77.8 cm³/mol. The first-order chi connectivity index (χ1) is 7.74. The Labute approximate surface area is 111 Å². The standard InChI is InChI=1S/C12H19IN2O/c1-2-3-7-16-8-6-15-12-5-4-10(14)9-11(12)13/h4-5,9,15H,2-3,6-8,14H2,1H3. The van der Waals surface area contributed by atoms with Crippen molar-refractivity contribution in [2.24, 2.45) is 0 Å². The van der Waals surface area contributed by atoms with Gasteiger partial charge in [0.15, 0.2) is 0 Å². The lowest BCUT2D eigenvalue weighted by atomic mass is 10.3. The summed E-state index contributed by atoms with van der Waals surface area (Å²) < 4.78 is 6.61. The number of hydrogen-bond donors (Lipinski definition) is 2. The van der Waals surface area contributed by atoms with E-state index in [1.807, 2.05) is 18.2 Å². The minimum Gasteiger partial charge on any atom is -0.399 e. The summed E-state index contributed by atoms with van der Waals surface area (Å²) in [7, 11) is 0. The summed E-state index contributed by atoms with van der Waals surface area (Å²) in [4.78, 5) is 0. The van der Waals surface area contributed by atoms with Crippen LogP contribution in [0.15, 0.2) is 18.2 Å². The molecule has 0 aliphatic carbocycles. The lowest BCUT2D eigenvalue weighted by Crippen LogP contribution is -2.10. The summed E-state index contributed by atoms with van der Waals surface area (Å²) in [5, 5.41) is 3.33. The Hall–Kier alpha value is -0.490. The van der Waals surface area contributed by atoms with Gasteiger partial charge in [-0.25, -0.2) is 0 Å². The molecule has 0 aliphatic heterocycles. The molecule has 0 aromatic heterocycles. The van der Waals surface area contributed by atoms with Crippen LogP contribution in [0.25, 0.3) is 0 Å². The van der Waals surface area contributed by atoms with E-state index in [9.17, 15) is 0 Å². The second-order valence-electron chi connectivity index (χ2n) is 3.63. The van der Waals surface area contributed by atoms with Crippen LogP contribution in [0.3, 0.4) is 0 Å². The van der Waals surface area contributed by atoms with Crippen molar-refractivity contribution in [2.45, 2.75) is 19.8 Å². The summed E-state index contributed by atoms with van der Waals surface area (Å²) in [5.41, 5.74) is 7.60. The summed E-state index contributed by atoms with van der Waals surface area (Å²) in [6.07, 6.45) is 2.32. The monoisotopic (exact) mass is 334 g/mol. The van der Waals surface area contributed by atoms with E-state index < -0.39 is 0 Å². The molecule has 0 fully saturated rings. The summed E-state index contributed by atoms with van der Waals surface area (Å²) in [6.45, 7) is 4.61. The maximum absolute atomic E-state index is 5.68. The van der Waals surface area contributed by atoms with Crippen molar-refractivity contribution in [3.63, 3.8) is 0 Å². The highest BCUT2D eigenvalue weighted by Gasteiger charge is 1.98. The molecule has 0 atom stereocenters. The number of ether oxygens (including phenoxy) is 1. The zero-order chi connectivity index (χ0) is 11.8. The van der Waals surface area contributed by atoms with Crippen molar-refractivity contribution in [3.8, 4) is 0 Å². The van der Waals surface area contributed by atoms with Crippen LogP contribution in [0.5, 0.6) is 0 Å². The van der Waals surface area contributed by atoms with Gasteiger partial charge in [-0.2, -0.15) is 0 Å². The molecule has 3 N–H and O–H groups in total. The van der Waals surface area contributed by atoms with Crippen LogP contribution in [-0.4, -0.2) is 19.8 Å². The molecule has 0 radical (unpaired) electrons. The van der Waals surface area contributed by atoms with E-state index in [1.165, 1.54) is 6.42 Å². The molecule has 90 valence electrons. The van der Waals surface area contributed by atoms with E-state index >= 15 is 0 Å². The Morgan fingerprint density at radius 2 is 2.19 bits per heavy atom. The lowest BCUT2D eigenvalue weighted by Gasteiger charge is -2.09. The van der Waals surface area contributed by atoms with Crippen molar-refractivity contribution in [3.05, 3.63) is 21.8 Å². The molecular formula is C12H19IN2O. The van der Waals surface area contributed by atoms with Crippen LogP contribution >= 0.6 is 22.6 Å². The number of nitrogens with one attached hydrogen (secondary N) is 1. The van der Waals surface area contributed by atoms with Crippen LogP contribution in [0.2, 0.25) is 0 Å². The van der Waals surface area contributed by atoms with Crippen molar-refractivity contribution in [2.75, 3.05) is 30.8 Å². The van der Waals surface area contributed by atoms with Crippen molar-refractivity contribution >= 4 is 34.0 Å². The van der Waals surface area contributed by atoms with E-state index in [-0.39, 0.29) is 0 Å². The molecule has 0 amide bonds. The van der Waals surface area contributed by atoms with E-state index in [4.69, 9.17) is 10.5 Å². The van der Waals surface area contributed by atoms with Gasteiger partial charge in [-0.05, 0) is 47.2 Å². The smallest absolute Gasteiger partial charge is 0.0639 e. The molecular weight excluding hydrogens is 315 g/mol. The third-order valence-electron chi connectivity index (χ3n) is 2.20. The van der Waals surface area contributed by atoms with Gasteiger partial charge < -0.3 is 15.8 Å². The molecule has 1 rings (SSSR count). The van der Waals surface area contributed by atoms with E-state index in [0.29, 0.717) is 0 Å². The van der Waals surface area contributed by atoms with Gasteiger partial charge in [-0.1, -0.05) is 13.3 Å². The van der Waals surface area contributed by atoms with E-state index in [1.54, 1.807) is 0 Å². The highest BCUT2D eigenvalue weighted by Crippen LogP contribution is 2.20. The Bertz CT molecular complexity index is 318. The summed E-state index contributed by atoms with van der Waals surface area (Å²) in [5.74, 6) is 0. The summed E-state index contributed by atoms with van der Waals surface area (Å²) in [6, 6.07) is 5.87. The molecule has 0 bridgehead atoms. The van der Waals surface area contributed by atoms with E-state index in [0.717, 1.165) is 41.1 Å². The van der Waals surface area contributed by atoms with Crippen LogP contribution in [0.4, 0.5) is 11.4 Å². The molecule has 0 spiro atoms. The van der Waals surface area contributed by atoms with Gasteiger partial charge in [0.25, 0.3) is 0 Å². The van der Waals surface area contributed by atoms with Crippen LogP contribution in [0, 0.1) is 3.57 Å². The van der Waals surface area contributed by atoms with Gasteiger partial charge in [-0.15, -0.1) is 0 Å². The number of unbranched alkanes of at least 4 members (excludes halogenated alkanes) is 1. The fourth-order valence-electron chi connectivity index (χ4n) is 1.28. The maximum atomic E-state index is 5.68. The molecule has 1 aromatic rings. The maximum Gasteiger partial charge on any atom is 0.0639 e. The van der Waals surface area contributed by atoms with Crippen molar-refractivity contribution in [1.29, 1.82) is 0 Å². The Morgan fingerprint density at radius 3 is 2.88 bits per heavy atom. The molecule has 0 saturated carbocycles. The SMILES string of the molecule is CCCCOCCNc1ccc(N)cc1I. The Morgan fingerprint density at radius 1 is 1.38 bits per heavy atom. The zero-order valence-corrected chi connectivity index (χ0v) is 11.8. The van der Waals surface area contributed by atoms with Crippen LogP contribution < -0.4 is 11.1 Å². The first-order valence-corrected chi connectivity index (χ1v) is 6.68. The summed E-state index contributed by atoms with van der Waals surface area (Å²) >= 11 is 2.28. The molecule has 0 saturated heterocycles. The number of rotatable bonds is 7. The van der Waals surface area contributed by atoms with Gasteiger partial charge in [0.2, 0.25) is 0 Å².